The minimum absolute atomic E-state index is 0.144. The van der Waals surface area contributed by atoms with Gasteiger partial charge in [0.1, 0.15) is 48.4 Å². The van der Waals surface area contributed by atoms with Crippen LogP contribution in [0.5, 0.6) is 0 Å². The Bertz CT molecular complexity index is 996. The second-order valence-electron chi connectivity index (χ2n) is 8.24. The van der Waals surface area contributed by atoms with Gasteiger partial charge in [-0.2, -0.15) is 10.2 Å². The Kier molecular flexibility index (Phi) is 10.9. The van der Waals surface area contributed by atoms with Crippen molar-refractivity contribution in [2.24, 2.45) is 10.2 Å². The largest absolute Gasteiger partial charge is 0.394 e. The number of anilines is 2. The van der Waals surface area contributed by atoms with Gasteiger partial charge >= 0.3 is 0 Å². The predicted octanol–water partition coefficient (Wildman–Crippen LogP) is -1.55. The Labute approximate surface area is 212 Å². The lowest BCUT2D eigenvalue weighted by Crippen LogP contribution is -2.61. The van der Waals surface area contributed by atoms with Gasteiger partial charge in [-0.15, -0.1) is 0 Å². The molecule has 1 fully saturated rings. The molecule has 13 heteroatoms. The van der Waals surface area contributed by atoms with Crippen LogP contribution in [0, 0.1) is 0 Å². The third kappa shape index (κ3) is 7.75. The smallest absolute Gasteiger partial charge is 0.187 e. The number of hydrazone groups is 2. The molecule has 2 aromatic rings. The molecular formula is C24H32N4O9. The highest BCUT2D eigenvalue weighted by molar-refractivity contribution is 6.33. The van der Waals surface area contributed by atoms with Gasteiger partial charge < -0.3 is 45.2 Å². The van der Waals surface area contributed by atoms with Gasteiger partial charge in [-0.05, 0) is 24.3 Å². The second-order valence-corrected chi connectivity index (χ2v) is 8.24. The van der Waals surface area contributed by atoms with E-state index in [4.69, 9.17) is 9.47 Å². The zero-order chi connectivity index (χ0) is 26.8. The summed E-state index contributed by atoms with van der Waals surface area (Å²) >= 11 is 0. The number of rotatable bonds is 12. The summed E-state index contributed by atoms with van der Waals surface area (Å²) in [6.45, 7) is -1.55. The predicted molar refractivity (Wildman–Crippen MR) is 134 cm³/mol. The lowest BCUT2D eigenvalue weighted by atomic mass is 9.98. The first kappa shape index (κ1) is 28.6. The van der Waals surface area contributed by atoms with Crippen molar-refractivity contribution in [3.05, 3.63) is 60.7 Å². The normalized spacial score (nSPS) is 27.0. The molecule has 37 heavy (non-hydrogen) atoms. The van der Waals surface area contributed by atoms with Gasteiger partial charge in [0.15, 0.2) is 6.29 Å². The maximum Gasteiger partial charge on any atom is 0.187 e. The van der Waals surface area contributed by atoms with Crippen LogP contribution >= 0.6 is 0 Å². The molecule has 0 aliphatic carbocycles. The van der Waals surface area contributed by atoms with E-state index in [-0.39, 0.29) is 5.71 Å². The van der Waals surface area contributed by atoms with E-state index < -0.39 is 62.2 Å². The molecule has 13 nitrogen and oxygen atoms in total. The third-order valence-electron chi connectivity index (χ3n) is 5.57. The molecule has 202 valence electrons. The fraction of sp³-hybridized carbons (Fsp3) is 0.417. The van der Waals surface area contributed by atoms with Crippen LogP contribution in [0.15, 0.2) is 70.9 Å². The van der Waals surface area contributed by atoms with E-state index in [9.17, 15) is 35.7 Å². The summed E-state index contributed by atoms with van der Waals surface area (Å²) < 4.78 is 10.9. The zero-order valence-corrected chi connectivity index (χ0v) is 19.7. The molecule has 2 aromatic carbocycles. The number of nitrogens with zero attached hydrogens (tertiary/aromatic N) is 2. The monoisotopic (exact) mass is 520 g/mol. The first-order valence-electron chi connectivity index (χ1n) is 11.5. The van der Waals surface area contributed by atoms with Crippen LogP contribution < -0.4 is 10.9 Å². The molecule has 8 atom stereocenters. The number of hydrogen-bond donors (Lipinski definition) is 9. The maximum atomic E-state index is 11.1. The van der Waals surface area contributed by atoms with Gasteiger partial charge in [0.25, 0.3) is 0 Å². The lowest BCUT2D eigenvalue weighted by molar-refractivity contribution is -0.322. The second kappa shape index (κ2) is 14.1. The molecule has 0 amide bonds. The number of aliphatic hydroxyl groups is 7. The van der Waals surface area contributed by atoms with Crippen LogP contribution in [-0.2, 0) is 9.47 Å². The fourth-order valence-electron chi connectivity index (χ4n) is 3.48. The number of hydrogen-bond acceptors (Lipinski definition) is 13. The molecule has 3 rings (SSSR count). The molecule has 0 spiro atoms. The highest BCUT2D eigenvalue weighted by Gasteiger charge is 2.46. The van der Waals surface area contributed by atoms with Crippen molar-refractivity contribution >= 4 is 23.3 Å². The molecule has 1 saturated heterocycles. The van der Waals surface area contributed by atoms with E-state index in [0.29, 0.717) is 11.4 Å². The molecule has 1 heterocycles. The van der Waals surface area contributed by atoms with Gasteiger partial charge in [-0.3, -0.25) is 10.9 Å². The van der Waals surface area contributed by atoms with Gasteiger partial charge in [0.05, 0.1) is 30.8 Å². The first-order valence-corrected chi connectivity index (χ1v) is 11.5. The molecular weight excluding hydrogens is 488 g/mol. The van der Waals surface area contributed by atoms with Crippen LogP contribution in [-0.4, -0.2) is 110 Å². The Morgan fingerprint density at radius 2 is 1.49 bits per heavy atom. The Balaban J connectivity index is 1.85. The molecule has 8 unspecified atom stereocenters. The average molecular weight is 521 g/mol. The molecule has 0 aromatic heterocycles. The van der Waals surface area contributed by atoms with Crippen LogP contribution in [0.1, 0.15) is 0 Å². The van der Waals surface area contributed by atoms with Crippen LogP contribution in [0.3, 0.4) is 0 Å². The molecule has 1 aliphatic rings. The molecule has 0 bridgehead atoms. The number of aliphatic hydroxyl groups excluding tert-OH is 7. The minimum atomic E-state index is -1.80. The SMILES string of the molecule is OCC(O)C(OC1OC(CO)C(O)C(O)C1O)C(O)/C(C=NNc1ccccc1)=N\Nc1ccccc1. The molecule has 0 radical (unpaired) electrons. The van der Waals surface area contributed by atoms with E-state index in [1.54, 1.807) is 54.6 Å². The van der Waals surface area contributed by atoms with Crippen LogP contribution in [0.4, 0.5) is 11.4 Å². The highest BCUT2D eigenvalue weighted by Crippen LogP contribution is 2.24. The number of ether oxygens (including phenoxy) is 2. The molecule has 1 aliphatic heterocycles. The summed E-state index contributed by atoms with van der Waals surface area (Å²) in [7, 11) is 0. The Hall–Kier alpha value is -2.98. The van der Waals surface area contributed by atoms with Crippen molar-refractivity contribution in [3.8, 4) is 0 Å². The van der Waals surface area contributed by atoms with Gasteiger partial charge in [-0.1, -0.05) is 36.4 Å². The third-order valence-corrected chi connectivity index (χ3v) is 5.57. The lowest BCUT2D eigenvalue weighted by Gasteiger charge is -2.41. The van der Waals surface area contributed by atoms with Gasteiger partial charge in [0, 0.05) is 0 Å². The highest BCUT2D eigenvalue weighted by atomic mass is 16.7. The summed E-state index contributed by atoms with van der Waals surface area (Å²) in [6.07, 6.45) is -12.1. The quantitative estimate of drug-likeness (QED) is 0.116. The van der Waals surface area contributed by atoms with Crippen LogP contribution in [0.25, 0.3) is 0 Å². The van der Waals surface area contributed by atoms with Crippen molar-refractivity contribution in [2.45, 2.75) is 49.0 Å². The fourth-order valence-corrected chi connectivity index (χ4v) is 3.48. The first-order chi connectivity index (χ1) is 17.8. The summed E-state index contributed by atoms with van der Waals surface area (Å²) in [5.41, 5.74) is 6.59. The standard InChI is InChI=1S/C24H32N4O9/c29-12-17(31)23(37-24-22(35)21(34)20(33)18(13-30)36-24)19(32)16(28-27-15-9-5-2-6-10-15)11-25-26-14-7-3-1-4-8-14/h1-11,17-24,26-27,29-35H,12-13H2/b25-11?,28-16-. The van der Waals surface area contributed by atoms with Crippen molar-refractivity contribution in [3.63, 3.8) is 0 Å². The topological polar surface area (TPSA) is 209 Å². The van der Waals surface area contributed by atoms with Crippen molar-refractivity contribution < 1.29 is 45.2 Å². The summed E-state index contributed by atoms with van der Waals surface area (Å²) in [5.74, 6) is 0. The zero-order valence-electron chi connectivity index (χ0n) is 19.7. The Morgan fingerprint density at radius 3 is 2.05 bits per heavy atom. The van der Waals surface area contributed by atoms with Crippen molar-refractivity contribution in [2.75, 3.05) is 24.1 Å². The molecule has 9 N–H and O–H groups in total. The van der Waals surface area contributed by atoms with E-state index in [1.165, 1.54) is 6.21 Å². The number of para-hydroxylation sites is 2. The van der Waals surface area contributed by atoms with E-state index >= 15 is 0 Å². The van der Waals surface area contributed by atoms with E-state index in [2.05, 4.69) is 21.1 Å². The van der Waals surface area contributed by atoms with E-state index in [1.807, 2.05) is 6.07 Å². The minimum Gasteiger partial charge on any atom is -0.394 e. The Morgan fingerprint density at radius 1 is 0.892 bits per heavy atom. The van der Waals surface area contributed by atoms with Gasteiger partial charge in [0.2, 0.25) is 0 Å². The van der Waals surface area contributed by atoms with Crippen molar-refractivity contribution in [1.29, 1.82) is 0 Å². The number of nitrogens with one attached hydrogen (secondary N) is 2. The van der Waals surface area contributed by atoms with Gasteiger partial charge in [-0.25, -0.2) is 0 Å². The summed E-state index contributed by atoms with van der Waals surface area (Å²) in [6, 6.07) is 17.7. The average Bonchev–Trinajstić information content (AvgIpc) is 2.93. The van der Waals surface area contributed by atoms with E-state index in [0.717, 1.165) is 0 Å². The number of benzene rings is 2. The molecule has 0 saturated carbocycles. The maximum absolute atomic E-state index is 11.1. The van der Waals surface area contributed by atoms with Crippen LogP contribution in [0.2, 0.25) is 0 Å². The van der Waals surface area contributed by atoms with Crippen molar-refractivity contribution in [1.82, 2.24) is 0 Å². The summed E-state index contributed by atoms with van der Waals surface area (Å²) in [5, 5.41) is 79.1. The summed E-state index contributed by atoms with van der Waals surface area (Å²) in [4.78, 5) is 0.